The van der Waals surface area contributed by atoms with E-state index in [4.69, 9.17) is 33.2 Å². The normalized spacial score (nSPS) is 51.5. The number of quaternary nitrogens is 1. The Hall–Kier alpha value is -1.34. The molecular weight excluding hydrogens is 682 g/mol. The molecule has 4 heterocycles. The van der Waals surface area contributed by atoms with Crippen molar-refractivity contribution in [2.24, 2.45) is 23.7 Å². The van der Waals surface area contributed by atoms with Crippen molar-refractivity contribution in [3.05, 3.63) is 0 Å². The Kier molecular flexibility index (Phi) is 13.4. The fourth-order valence-corrected chi connectivity index (χ4v) is 8.95. The minimum absolute atomic E-state index is 0.0912. The Morgan fingerprint density at radius 2 is 1.60 bits per heavy atom. The summed E-state index contributed by atoms with van der Waals surface area (Å²) < 4.78 is 43.6. The number of nitrogens with one attached hydrogen (secondary N) is 1. The third kappa shape index (κ3) is 8.41. The minimum atomic E-state index is -2.02. The molecule has 302 valence electrons. The lowest BCUT2D eigenvalue weighted by atomic mass is 9.73. The highest BCUT2D eigenvalue weighted by molar-refractivity contribution is 5.83. The summed E-state index contributed by atoms with van der Waals surface area (Å²) in [5.41, 5.74) is -5.01. The van der Waals surface area contributed by atoms with Gasteiger partial charge in [-0.1, -0.05) is 27.7 Å². The van der Waals surface area contributed by atoms with Crippen molar-refractivity contribution in [2.45, 2.75) is 172 Å². The number of hydrogen-bond donors (Lipinski definition) is 6. The quantitative estimate of drug-likeness (QED) is 0.200. The van der Waals surface area contributed by atoms with Crippen molar-refractivity contribution < 1.29 is 73.2 Å². The predicted octanol–water partition coefficient (Wildman–Crippen LogP) is -0.293. The van der Waals surface area contributed by atoms with Crippen molar-refractivity contribution >= 4 is 11.8 Å². The van der Waals surface area contributed by atoms with E-state index in [1.807, 2.05) is 21.0 Å². The van der Waals surface area contributed by atoms with E-state index in [1.54, 1.807) is 34.6 Å². The van der Waals surface area contributed by atoms with Crippen LogP contribution in [0.15, 0.2) is 0 Å². The number of rotatable bonds is 5. The molecule has 0 aromatic carbocycles. The lowest BCUT2D eigenvalue weighted by Crippen LogP contribution is -3.12. The van der Waals surface area contributed by atoms with Gasteiger partial charge in [0.25, 0.3) is 5.97 Å². The van der Waals surface area contributed by atoms with Crippen LogP contribution in [-0.4, -0.2) is 149 Å². The largest absolute Gasteiger partial charge is 0.459 e. The number of ketones is 1. The van der Waals surface area contributed by atoms with Crippen LogP contribution in [0.3, 0.4) is 0 Å². The van der Waals surface area contributed by atoms with Gasteiger partial charge in [-0.05, 0) is 47.5 Å². The van der Waals surface area contributed by atoms with Gasteiger partial charge in [0.15, 0.2) is 12.4 Å². The van der Waals surface area contributed by atoms with E-state index in [0.29, 0.717) is 6.42 Å². The molecule has 0 aromatic heterocycles. The van der Waals surface area contributed by atoms with Gasteiger partial charge in [0.1, 0.15) is 41.2 Å². The third-order valence-electron chi connectivity index (χ3n) is 12.2. The lowest BCUT2D eigenvalue weighted by molar-refractivity contribution is -0.893. The zero-order valence-corrected chi connectivity index (χ0v) is 33.0. The molecule has 4 fully saturated rings. The van der Waals surface area contributed by atoms with Crippen LogP contribution in [0.25, 0.3) is 0 Å². The monoisotopic (exact) mass is 748 g/mol. The molecule has 0 radical (unpaired) electrons. The highest BCUT2D eigenvalue weighted by Gasteiger charge is 2.61. The van der Waals surface area contributed by atoms with Gasteiger partial charge in [0, 0.05) is 31.3 Å². The van der Waals surface area contributed by atoms with E-state index in [0.717, 1.165) is 4.90 Å². The predicted molar refractivity (Wildman–Crippen MR) is 185 cm³/mol. The number of Topliss-reactive ketones (excluding diaryl/α,β-unsaturated/α-hetero) is 1. The van der Waals surface area contributed by atoms with Gasteiger partial charge in [-0.15, -0.1) is 0 Å². The van der Waals surface area contributed by atoms with Crippen molar-refractivity contribution in [3.63, 3.8) is 0 Å². The number of esters is 1. The average Bonchev–Trinajstić information content (AvgIpc) is 3.07. The molecule has 15 nitrogen and oxygen atoms in total. The van der Waals surface area contributed by atoms with Crippen LogP contribution in [0.2, 0.25) is 0 Å². The molecule has 6 N–H and O–H groups in total. The smallest absolute Gasteiger partial charge is 0.314 e. The van der Waals surface area contributed by atoms with Crippen LogP contribution in [0.1, 0.15) is 88.0 Å². The third-order valence-corrected chi connectivity index (χ3v) is 12.2. The number of ether oxygens (including phenoxy) is 7. The maximum absolute atomic E-state index is 14.2. The summed E-state index contributed by atoms with van der Waals surface area (Å²) in [6.07, 6.45) is -9.24. The summed E-state index contributed by atoms with van der Waals surface area (Å²) in [4.78, 5) is 29.1. The van der Waals surface area contributed by atoms with Gasteiger partial charge < -0.3 is 63.6 Å². The van der Waals surface area contributed by atoms with E-state index in [9.17, 15) is 35.1 Å². The van der Waals surface area contributed by atoms with Crippen molar-refractivity contribution in [1.29, 1.82) is 0 Å². The number of cyclic esters (lactones) is 1. The van der Waals surface area contributed by atoms with Gasteiger partial charge >= 0.3 is 5.97 Å². The van der Waals surface area contributed by atoms with Crippen LogP contribution in [0.5, 0.6) is 0 Å². The Bertz CT molecular complexity index is 1250. The maximum atomic E-state index is 14.2. The van der Waals surface area contributed by atoms with E-state index in [1.165, 1.54) is 27.9 Å². The van der Waals surface area contributed by atoms with Crippen LogP contribution in [0.4, 0.5) is 0 Å². The first-order valence-electron chi connectivity index (χ1n) is 18.8. The van der Waals surface area contributed by atoms with Crippen LogP contribution in [0, 0.1) is 23.7 Å². The van der Waals surface area contributed by atoms with Crippen molar-refractivity contribution in [2.75, 3.05) is 27.8 Å². The SMILES string of the molecule is CC[C@H]1OC(=O)[C@@H]2CO[C@@]3(C[C@@](C)(OC)[C@@H](O)[C@H](C)O3)O[C@H]2[C@H](C)[C@@H](O[C@@H]2O[C@H](C)C[C@H]([NH+](C)C)[C@H]2O)[C@](C)(O)C[C@@H](C)C(=O)[C@H](C)[C@@H](O)[C@]1(C)O. The molecule has 15 heteroatoms. The number of aliphatic hydroxyl groups excluding tert-OH is 3. The summed E-state index contributed by atoms with van der Waals surface area (Å²) in [5.74, 6) is -7.02. The Morgan fingerprint density at radius 1 is 0.962 bits per heavy atom. The second-order valence-electron chi connectivity index (χ2n) is 16.9. The summed E-state index contributed by atoms with van der Waals surface area (Å²) in [7, 11) is 5.31. The molecule has 0 amide bonds. The molecule has 0 aliphatic carbocycles. The highest BCUT2D eigenvalue weighted by atomic mass is 16.9. The molecule has 0 aromatic rings. The number of likely N-dealkylation sites (N-methyl/N-ethyl adjacent to an activating group) is 1. The summed E-state index contributed by atoms with van der Waals surface area (Å²) in [6, 6.07) is -0.255. The van der Waals surface area contributed by atoms with Gasteiger partial charge in [-0.2, -0.15) is 0 Å². The number of carbonyl (C=O) groups is 2. The highest BCUT2D eigenvalue weighted by Crippen LogP contribution is 2.47. The molecular formula is C37H66NO14+. The van der Waals surface area contributed by atoms with E-state index in [-0.39, 0.29) is 38.0 Å². The van der Waals surface area contributed by atoms with Gasteiger partial charge in [0.05, 0.1) is 63.2 Å². The summed E-state index contributed by atoms with van der Waals surface area (Å²) in [6.45, 7) is 14.3. The summed E-state index contributed by atoms with van der Waals surface area (Å²) in [5, 5.41) is 57.9. The molecule has 4 saturated heterocycles. The first-order chi connectivity index (χ1) is 23.9. The molecule has 4 rings (SSSR count). The average molecular weight is 749 g/mol. The second kappa shape index (κ2) is 16.0. The molecule has 1 spiro atoms. The zero-order chi connectivity index (χ0) is 39.3. The molecule has 18 atom stereocenters. The minimum Gasteiger partial charge on any atom is -0.459 e. The van der Waals surface area contributed by atoms with Crippen LogP contribution in [-0.2, 0) is 42.7 Å². The molecule has 0 saturated carbocycles. The fourth-order valence-electron chi connectivity index (χ4n) is 8.95. The Labute approximate surface area is 308 Å². The molecule has 0 bridgehead atoms. The fraction of sp³-hybridized carbons (Fsp3) is 0.946. The number of methoxy groups -OCH3 is 1. The number of hydrogen-bond acceptors (Lipinski definition) is 14. The number of aliphatic hydroxyl groups is 5. The summed E-state index contributed by atoms with van der Waals surface area (Å²) >= 11 is 0. The standard InChI is InChI=1S/C37H65NO14/c1-13-25-36(9,45)29(41)20(4)26(39)18(2)15-34(7,44)31(50-33-27(40)24(38(10)11)14-19(3)48-33)21(5)28-23(32(43)49-25)16-47-37(52-28)17-35(8,46-12)30(42)22(6)51-37/h18-25,27-31,33,40-42,44-45H,13-17H2,1-12H3/p+1/t18-,19-,20+,21+,22+,23-,24+,25-,27-,28+,29-,30+,31-,33+,34-,35-,36-,37-/m1/s1. The molecule has 4 aliphatic rings. The van der Waals surface area contributed by atoms with Crippen LogP contribution < -0.4 is 4.90 Å². The first kappa shape index (κ1) is 43.4. The zero-order valence-electron chi connectivity index (χ0n) is 33.0. The van der Waals surface area contributed by atoms with Crippen molar-refractivity contribution in [1.82, 2.24) is 0 Å². The Morgan fingerprint density at radius 3 is 2.17 bits per heavy atom. The van der Waals surface area contributed by atoms with E-state index in [2.05, 4.69) is 0 Å². The topological polar surface area (TPSA) is 204 Å². The second-order valence-corrected chi connectivity index (χ2v) is 16.9. The van der Waals surface area contributed by atoms with E-state index < -0.39 is 107 Å². The van der Waals surface area contributed by atoms with Crippen molar-refractivity contribution in [3.8, 4) is 0 Å². The molecule has 52 heavy (non-hydrogen) atoms. The maximum Gasteiger partial charge on any atom is 0.314 e. The van der Waals surface area contributed by atoms with Crippen LogP contribution >= 0.6 is 0 Å². The molecule has 4 aliphatic heterocycles. The van der Waals surface area contributed by atoms with Gasteiger partial charge in [-0.3, -0.25) is 9.59 Å². The lowest BCUT2D eigenvalue weighted by Gasteiger charge is -2.55. The van der Waals surface area contributed by atoms with E-state index >= 15 is 0 Å². The first-order valence-corrected chi connectivity index (χ1v) is 18.8. The molecule has 0 unspecified atom stereocenters. The Balaban J connectivity index is 1.86. The van der Waals surface area contributed by atoms with Gasteiger partial charge in [-0.25, -0.2) is 0 Å². The van der Waals surface area contributed by atoms with Gasteiger partial charge in [0.2, 0.25) is 0 Å². The number of carbonyl (C=O) groups excluding carboxylic acids is 2. The number of fused-ring (bicyclic) bond motifs is 1.